The number of Topliss-reactive ketones (excluding diaryl/α,β-unsaturated/α-hetero) is 1. The number of carbonyl (C=O) groups excluding carboxylic acids is 1. The van der Waals surface area contributed by atoms with Crippen LogP contribution in [-0.2, 0) is 4.79 Å². The Morgan fingerprint density at radius 3 is 2.57 bits per heavy atom. The normalized spacial score (nSPS) is 9.86. The van der Waals surface area contributed by atoms with Gasteiger partial charge in [0.25, 0.3) is 0 Å². The van der Waals surface area contributed by atoms with Crippen LogP contribution in [0.3, 0.4) is 0 Å². The summed E-state index contributed by atoms with van der Waals surface area (Å²) in [6.45, 7) is 2.57. The van der Waals surface area contributed by atoms with E-state index >= 15 is 0 Å². The van der Waals surface area contributed by atoms with Gasteiger partial charge < -0.3 is 5.32 Å². The average molecular weight is 212 g/mol. The van der Waals surface area contributed by atoms with E-state index in [0.717, 1.165) is 10.7 Å². The molecule has 0 radical (unpaired) electrons. The van der Waals surface area contributed by atoms with E-state index in [2.05, 4.69) is 5.32 Å². The number of halogens is 1. The number of hydrogen-bond donors (Lipinski definition) is 1. The molecule has 0 aromatic heterocycles. The summed E-state index contributed by atoms with van der Waals surface area (Å²) in [6, 6.07) is 7.45. The predicted molar refractivity (Wildman–Crippen MR) is 59.9 cm³/mol. The molecule has 0 heterocycles. The second-order valence-corrected chi connectivity index (χ2v) is 3.51. The van der Waals surface area contributed by atoms with Crippen LogP contribution in [0.15, 0.2) is 24.3 Å². The van der Waals surface area contributed by atoms with Crippen LogP contribution in [0.4, 0.5) is 5.69 Å². The summed E-state index contributed by atoms with van der Waals surface area (Å²) in [5, 5.41) is 3.88. The topological polar surface area (TPSA) is 29.1 Å². The summed E-state index contributed by atoms with van der Waals surface area (Å²) in [4.78, 5) is 11.0. The first kappa shape index (κ1) is 11.1. The zero-order valence-electron chi connectivity index (χ0n) is 8.22. The van der Waals surface area contributed by atoms with Crippen molar-refractivity contribution in [3.63, 3.8) is 0 Å². The van der Waals surface area contributed by atoms with Crippen molar-refractivity contribution in [2.24, 2.45) is 0 Å². The maximum absolute atomic E-state index is 11.0. The molecule has 0 saturated heterocycles. The molecule has 0 fully saturated rings. The number of carbonyl (C=O) groups is 1. The van der Waals surface area contributed by atoms with Gasteiger partial charge in [-0.05, 0) is 24.3 Å². The van der Waals surface area contributed by atoms with Crippen molar-refractivity contribution < 1.29 is 4.79 Å². The van der Waals surface area contributed by atoms with E-state index in [-0.39, 0.29) is 5.78 Å². The Bertz CT molecular complexity index is 295. The van der Waals surface area contributed by atoms with Crippen molar-refractivity contribution in [2.75, 3.05) is 11.9 Å². The Balaban J connectivity index is 2.31. The molecular formula is C11H14ClNO. The molecule has 0 aliphatic heterocycles. The van der Waals surface area contributed by atoms with E-state index in [1.54, 1.807) is 0 Å². The molecule has 2 nitrogen and oxygen atoms in total. The maximum Gasteiger partial charge on any atom is 0.134 e. The van der Waals surface area contributed by atoms with Crippen LogP contribution in [0, 0.1) is 0 Å². The van der Waals surface area contributed by atoms with Crippen LogP contribution in [0.1, 0.15) is 19.8 Å². The minimum absolute atomic E-state index is 0.284. The van der Waals surface area contributed by atoms with Crippen LogP contribution >= 0.6 is 11.6 Å². The van der Waals surface area contributed by atoms with Gasteiger partial charge in [0.15, 0.2) is 0 Å². The molecule has 14 heavy (non-hydrogen) atoms. The van der Waals surface area contributed by atoms with Gasteiger partial charge in [-0.15, -0.1) is 0 Å². The second kappa shape index (κ2) is 5.66. The number of nitrogens with one attached hydrogen (secondary N) is 1. The molecule has 76 valence electrons. The molecular weight excluding hydrogens is 198 g/mol. The van der Waals surface area contributed by atoms with Crippen molar-refractivity contribution in [3.8, 4) is 0 Å². The van der Waals surface area contributed by atoms with Crippen LogP contribution in [0.2, 0.25) is 5.02 Å². The molecule has 0 unspecified atom stereocenters. The Kier molecular flexibility index (Phi) is 4.47. The number of anilines is 1. The van der Waals surface area contributed by atoms with Gasteiger partial charge in [-0.1, -0.05) is 18.5 Å². The van der Waals surface area contributed by atoms with Gasteiger partial charge in [-0.2, -0.15) is 0 Å². The smallest absolute Gasteiger partial charge is 0.134 e. The van der Waals surface area contributed by atoms with Crippen molar-refractivity contribution in [1.82, 2.24) is 0 Å². The van der Waals surface area contributed by atoms with Crippen LogP contribution < -0.4 is 5.32 Å². The van der Waals surface area contributed by atoms with Crippen LogP contribution in [0.25, 0.3) is 0 Å². The minimum atomic E-state index is 0.284. The Morgan fingerprint density at radius 1 is 1.36 bits per heavy atom. The highest BCUT2D eigenvalue weighted by Gasteiger charge is 1.97. The molecule has 1 aromatic rings. The fourth-order valence-corrected chi connectivity index (χ4v) is 1.22. The summed E-state index contributed by atoms with van der Waals surface area (Å²) < 4.78 is 0. The van der Waals surface area contributed by atoms with Gasteiger partial charge in [0.1, 0.15) is 5.78 Å². The zero-order valence-corrected chi connectivity index (χ0v) is 8.97. The van der Waals surface area contributed by atoms with Crippen LogP contribution in [-0.4, -0.2) is 12.3 Å². The summed E-state index contributed by atoms with van der Waals surface area (Å²) in [5.41, 5.74) is 0.998. The van der Waals surface area contributed by atoms with E-state index in [9.17, 15) is 4.79 Å². The SMILES string of the molecule is CCC(=O)CCNc1ccc(Cl)cc1. The molecule has 1 aromatic carbocycles. The minimum Gasteiger partial charge on any atom is -0.385 e. The Morgan fingerprint density at radius 2 is 2.00 bits per heavy atom. The van der Waals surface area contributed by atoms with E-state index in [0.29, 0.717) is 19.4 Å². The van der Waals surface area contributed by atoms with Gasteiger partial charge in [-0.3, -0.25) is 4.79 Å². The summed E-state index contributed by atoms with van der Waals surface area (Å²) in [7, 11) is 0. The van der Waals surface area contributed by atoms with Gasteiger partial charge in [-0.25, -0.2) is 0 Å². The first-order valence-corrected chi connectivity index (χ1v) is 5.11. The number of hydrogen-bond acceptors (Lipinski definition) is 2. The van der Waals surface area contributed by atoms with Gasteiger partial charge in [0.2, 0.25) is 0 Å². The van der Waals surface area contributed by atoms with E-state index < -0.39 is 0 Å². The molecule has 0 atom stereocenters. The lowest BCUT2D eigenvalue weighted by molar-refractivity contribution is -0.118. The van der Waals surface area contributed by atoms with Crippen molar-refractivity contribution >= 4 is 23.1 Å². The number of benzene rings is 1. The first-order valence-electron chi connectivity index (χ1n) is 4.73. The highest BCUT2D eigenvalue weighted by atomic mass is 35.5. The zero-order chi connectivity index (χ0) is 10.4. The quantitative estimate of drug-likeness (QED) is 0.811. The van der Waals surface area contributed by atoms with Crippen molar-refractivity contribution in [2.45, 2.75) is 19.8 Å². The predicted octanol–water partition coefficient (Wildman–Crippen LogP) is 3.12. The summed E-state index contributed by atoms with van der Waals surface area (Å²) in [5.74, 6) is 0.284. The summed E-state index contributed by atoms with van der Waals surface area (Å²) >= 11 is 5.74. The number of rotatable bonds is 5. The van der Waals surface area contributed by atoms with E-state index in [1.807, 2.05) is 31.2 Å². The molecule has 0 spiro atoms. The van der Waals surface area contributed by atoms with Gasteiger partial charge in [0.05, 0.1) is 0 Å². The lowest BCUT2D eigenvalue weighted by atomic mass is 10.2. The number of ketones is 1. The standard InChI is InChI=1S/C11H14ClNO/c1-2-11(14)7-8-13-10-5-3-9(12)4-6-10/h3-6,13H,2,7-8H2,1H3. The fourth-order valence-electron chi connectivity index (χ4n) is 1.09. The lowest BCUT2D eigenvalue weighted by Gasteiger charge is -2.04. The molecule has 0 amide bonds. The fraction of sp³-hybridized carbons (Fsp3) is 0.364. The third kappa shape index (κ3) is 3.79. The van der Waals surface area contributed by atoms with Crippen molar-refractivity contribution in [1.29, 1.82) is 0 Å². The Labute approximate surface area is 89.3 Å². The van der Waals surface area contributed by atoms with Gasteiger partial charge >= 0.3 is 0 Å². The highest BCUT2D eigenvalue weighted by Crippen LogP contribution is 2.13. The molecule has 0 aliphatic carbocycles. The molecule has 1 rings (SSSR count). The maximum atomic E-state index is 11.0. The lowest BCUT2D eigenvalue weighted by Crippen LogP contribution is -2.07. The summed E-state index contributed by atoms with van der Waals surface area (Å²) in [6.07, 6.45) is 1.20. The third-order valence-corrected chi connectivity index (χ3v) is 2.22. The van der Waals surface area contributed by atoms with Crippen molar-refractivity contribution in [3.05, 3.63) is 29.3 Å². The van der Waals surface area contributed by atoms with E-state index in [1.165, 1.54) is 0 Å². The Hall–Kier alpha value is -1.02. The first-order chi connectivity index (χ1) is 6.72. The largest absolute Gasteiger partial charge is 0.385 e. The van der Waals surface area contributed by atoms with Crippen LogP contribution in [0.5, 0.6) is 0 Å². The average Bonchev–Trinajstić information content (AvgIpc) is 2.21. The van der Waals surface area contributed by atoms with Gasteiger partial charge in [0, 0.05) is 30.1 Å². The monoisotopic (exact) mass is 211 g/mol. The second-order valence-electron chi connectivity index (χ2n) is 3.08. The molecule has 1 N–H and O–H groups in total. The van der Waals surface area contributed by atoms with E-state index in [4.69, 9.17) is 11.6 Å². The molecule has 3 heteroatoms. The molecule has 0 aliphatic rings. The molecule has 0 bridgehead atoms. The molecule has 0 saturated carbocycles. The highest BCUT2D eigenvalue weighted by molar-refractivity contribution is 6.30. The third-order valence-electron chi connectivity index (χ3n) is 1.97.